The van der Waals surface area contributed by atoms with Crippen LogP contribution in [0.15, 0.2) is 48.5 Å². The topological polar surface area (TPSA) is 83.0 Å². The first-order chi connectivity index (χ1) is 14.3. The van der Waals surface area contributed by atoms with E-state index in [-0.39, 0.29) is 36.6 Å². The summed E-state index contributed by atoms with van der Waals surface area (Å²) in [4.78, 5) is 38.3. The third-order valence-corrected chi connectivity index (χ3v) is 4.56. The summed E-state index contributed by atoms with van der Waals surface area (Å²) < 4.78 is 13.0. The van der Waals surface area contributed by atoms with E-state index in [2.05, 4.69) is 10.6 Å². The van der Waals surface area contributed by atoms with E-state index >= 15 is 0 Å². The zero-order valence-electron chi connectivity index (χ0n) is 17.5. The minimum absolute atomic E-state index is 0.0939. The molecule has 0 aliphatic carbocycles. The predicted molar refractivity (Wildman–Crippen MR) is 113 cm³/mol. The average molecular weight is 415 g/mol. The van der Waals surface area contributed by atoms with Crippen LogP contribution in [0.4, 0.5) is 15.8 Å². The molecule has 2 aromatic carbocycles. The number of halogens is 1. The minimum Gasteiger partial charge on any atom is -0.337 e. The number of quaternary nitrogens is 1. The van der Waals surface area contributed by atoms with Gasteiger partial charge >= 0.3 is 0 Å². The number of likely N-dealkylation sites (N-methyl/N-ethyl adjacent to an activating group) is 2. The Hall–Kier alpha value is -3.26. The van der Waals surface area contributed by atoms with Gasteiger partial charge in [0.05, 0.1) is 6.54 Å². The Labute approximate surface area is 175 Å². The van der Waals surface area contributed by atoms with E-state index in [1.165, 1.54) is 19.1 Å². The van der Waals surface area contributed by atoms with Crippen molar-refractivity contribution in [2.45, 2.75) is 20.4 Å². The molecule has 0 bridgehead atoms. The molecule has 0 fully saturated rings. The molecule has 0 radical (unpaired) electrons. The SMILES string of the molecule is CC[NH+](CC(=O)Nc1ccc(NC(C)=O)cc1)CC(=O)N(C)Cc1ccc(F)cc1. The number of hydrogen-bond acceptors (Lipinski definition) is 3. The Morgan fingerprint density at radius 3 is 2.03 bits per heavy atom. The van der Waals surface area contributed by atoms with Crippen LogP contribution < -0.4 is 15.5 Å². The summed E-state index contributed by atoms with van der Waals surface area (Å²) in [6.07, 6.45) is 0. The molecule has 3 amide bonds. The lowest BCUT2D eigenvalue weighted by atomic mass is 10.2. The Balaban J connectivity index is 1.84. The van der Waals surface area contributed by atoms with Gasteiger partial charge in [-0.15, -0.1) is 0 Å². The van der Waals surface area contributed by atoms with Crippen molar-refractivity contribution < 1.29 is 23.7 Å². The van der Waals surface area contributed by atoms with E-state index in [0.29, 0.717) is 24.5 Å². The highest BCUT2D eigenvalue weighted by molar-refractivity contribution is 5.92. The maximum Gasteiger partial charge on any atom is 0.279 e. The van der Waals surface area contributed by atoms with Crippen molar-refractivity contribution >= 4 is 29.1 Å². The fourth-order valence-corrected chi connectivity index (χ4v) is 2.89. The van der Waals surface area contributed by atoms with Gasteiger partial charge in [-0.3, -0.25) is 14.4 Å². The van der Waals surface area contributed by atoms with E-state index in [1.54, 1.807) is 48.3 Å². The van der Waals surface area contributed by atoms with Gasteiger partial charge in [0.25, 0.3) is 11.8 Å². The highest BCUT2D eigenvalue weighted by Gasteiger charge is 2.19. The van der Waals surface area contributed by atoms with Crippen LogP contribution in [0.2, 0.25) is 0 Å². The second-order valence-corrected chi connectivity index (χ2v) is 7.14. The molecule has 3 N–H and O–H groups in total. The normalized spacial score (nSPS) is 11.5. The third-order valence-electron chi connectivity index (χ3n) is 4.56. The van der Waals surface area contributed by atoms with Crippen molar-refractivity contribution in [3.8, 4) is 0 Å². The smallest absolute Gasteiger partial charge is 0.279 e. The van der Waals surface area contributed by atoms with E-state index in [1.807, 2.05) is 6.92 Å². The van der Waals surface area contributed by atoms with Gasteiger partial charge in [0.15, 0.2) is 13.1 Å². The zero-order valence-corrected chi connectivity index (χ0v) is 17.5. The Morgan fingerprint density at radius 2 is 1.50 bits per heavy atom. The number of anilines is 2. The van der Waals surface area contributed by atoms with Crippen molar-refractivity contribution in [3.63, 3.8) is 0 Å². The van der Waals surface area contributed by atoms with Gasteiger partial charge in [0.1, 0.15) is 5.82 Å². The van der Waals surface area contributed by atoms with E-state index in [9.17, 15) is 18.8 Å². The monoisotopic (exact) mass is 415 g/mol. The summed E-state index contributed by atoms with van der Waals surface area (Å²) in [6.45, 7) is 4.67. The first-order valence-corrected chi connectivity index (χ1v) is 9.76. The van der Waals surface area contributed by atoms with Crippen molar-refractivity contribution in [2.75, 3.05) is 37.3 Å². The van der Waals surface area contributed by atoms with Gasteiger partial charge in [-0.05, 0) is 48.9 Å². The van der Waals surface area contributed by atoms with Crippen LogP contribution >= 0.6 is 0 Å². The van der Waals surface area contributed by atoms with Gasteiger partial charge in [0.2, 0.25) is 5.91 Å². The standard InChI is InChI=1S/C22H27FN4O3/c1-4-27(15-22(30)26(3)13-17-5-7-18(23)8-6-17)14-21(29)25-20-11-9-19(10-12-20)24-16(2)28/h5-12H,4,13-15H2,1-3H3,(H,24,28)(H,25,29)/p+1. The molecule has 1 unspecified atom stereocenters. The van der Waals surface area contributed by atoms with Crippen LogP contribution in [0.1, 0.15) is 19.4 Å². The maximum atomic E-state index is 13.0. The third kappa shape index (κ3) is 7.63. The van der Waals surface area contributed by atoms with Gasteiger partial charge in [-0.2, -0.15) is 0 Å². The molecule has 0 aliphatic rings. The number of rotatable bonds is 9. The lowest BCUT2D eigenvalue weighted by molar-refractivity contribution is -0.882. The van der Waals surface area contributed by atoms with E-state index < -0.39 is 0 Å². The molecule has 160 valence electrons. The number of nitrogens with one attached hydrogen (secondary N) is 3. The Kier molecular flexibility index (Phi) is 8.49. The number of benzene rings is 2. The lowest BCUT2D eigenvalue weighted by Gasteiger charge is -2.21. The van der Waals surface area contributed by atoms with Crippen molar-refractivity contribution in [3.05, 3.63) is 59.9 Å². The first kappa shape index (κ1) is 23.0. The van der Waals surface area contributed by atoms with Crippen LogP contribution in [-0.4, -0.2) is 49.3 Å². The van der Waals surface area contributed by atoms with Crippen LogP contribution in [0.5, 0.6) is 0 Å². The molecule has 0 aromatic heterocycles. The molecule has 30 heavy (non-hydrogen) atoms. The fourth-order valence-electron chi connectivity index (χ4n) is 2.89. The number of carbonyl (C=O) groups excluding carboxylic acids is 3. The molecule has 8 heteroatoms. The highest BCUT2D eigenvalue weighted by Crippen LogP contribution is 2.13. The molecule has 2 rings (SSSR count). The highest BCUT2D eigenvalue weighted by atomic mass is 19.1. The van der Waals surface area contributed by atoms with Crippen LogP contribution in [0.3, 0.4) is 0 Å². The van der Waals surface area contributed by atoms with Gasteiger partial charge < -0.3 is 20.4 Å². The number of nitrogens with zero attached hydrogens (tertiary/aromatic N) is 1. The molecule has 7 nitrogen and oxygen atoms in total. The molecule has 2 aromatic rings. The van der Waals surface area contributed by atoms with Gasteiger partial charge in [-0.25, -0.2) is 4.39 Å². The van der Waals surface area contributed by atoms with Gasteiger partial charge in [0, 0.05) is 31.9 Å². The zero-order chi connectivity index (χ0) is 22.1. The number of hydrogen-bond donors (Lipinski definition) is 3. The van der Waals surface area contributed by atoms with Gasteiger partial charge in [-0.1, -0.05) is 12.1 Å². The van der Waals surface area contributed by atoms with Crippen molar-refractivity contribution in [1.29, 1.82) is 0 Å². The average Bonchev–Trinajstić information content (AvgIpc) is 2.70. The van der Waals surface area contributed by atoms with E-state index in [4.69, 9.17) is 0 Å². The lowest BCUT2D eigenvalue weighted by Crippen LogP contribution is -3.13. The summed E-state index contributed by atoms with van der Waals surface area (Å²) in [5.74, 6) is -0.773. The summed E-state index contributed by atoms with van der Waals surface area (Å²) in [6, 6.07) is 12.8. The summed E-state index contributed by atoms with van der Waals surface area (Å²) >= 11 is 0. The van der Waals surface area contributed by atoms with E-state index in [0.717, 1.165) is 10.5 Å². The van der Waals surface area contributed by atoms with Crippen LogP contribution in [0, 0.1) is 5.82 Å². The van der Waals surface area contributed by atoms with Crippen LogP contribution in [0.25, 0.3) is 0 Å². The molecule has 0 saturated heterocycles. The summed E-state index contributed by atoms with van der Waals surface area (Å²) in [7, 11) is 1.69. The second-order valence-electron chi connectivity index (χ2n) is 7.14. The molecule has 0 heterocycles. The Bertz CT molecular complexity index is 869. The fraction of sp³-hybridized carbons (Fsp3) is 0.318. The minimum atomic E-state index is -0.315. The quantitative estimate of drug-likeness (QED) is 0.577. The molecule has 0 aliphatic heterocycles. The second kappa shape index (κ2) is 11.1. The molecule has 0 spiro atoms. The summed E-state index contributed by atoms with van der Waals surface area (Å²) in [5, 5.41) is 5.46. The predicted octanol–water partition coefficient (Wildman–Crippen LogP) is 1.29. The van der Waals surface area contributed by atoms with Crippen molar-refractivity contribution in [2.24, 2.45) is 0 Å². The molecule has 1 atom stereocenters. The van der Waals surface area contributed by atoms with Crippen LogP contribution in [-0.2, 0) is 20.9 Å². The molecular formula is C22H28FN4O3+. The number of amides is 3. The first-order valence-electron chi connectivity index (χ1n) is 9.76. The summed E-state index contributed by atoms with van der Waals surface area (Å²) in [5.41, 5.74) is 2.10. The Morgan fingerprint density at radius 1 is 0.933 bits per heavy atom. The molecule has 0 saturated carbocycles. The largest absolute Gasteiger partial charge is 0.337 e. The number of carbonyl (C=O) groups is 3. The molecular weight excluding hydrogens is 387 g/mol. The maximum absolute atomic E-state index is 13.0. The van der Waals surface area contributed by atoms with Crippen molar-refractivity contribution in [1.82, 2.24) is 4.90 Å².